The Labute approximate surface area is 218 Å². The first kappa shape index (κ1) is 27.4. The second kappa shape index (κ2) is 13.2. The van der Waals surface area contributed by atoms with Crippen LogP contribution in [0, 0.1) is 18.3 Å². The molecule has 0 radical (unpaired) electrons. The summed E-state index contributed by atoms with van der Waals surface area (Å²) in [5, 5.41) is 9.81. The van der Waals surface area contributed by atoms with E-state index in [2.05, 4.69) is 24.8 Å². The molecule has 0 aliphatic carbocycles. The van der Waals surface area contributed by atoms with Crippen LogP contribution in [-0.4, -0.2) is 52.5 Å². The van der Waals surface area contributed by atoms with Crippen LogP contribution in [0.3, 0.4) is 0 Å². The number of thioether (sulfide) groups is 1. The molecule has 0 bridgehead atoms. The van der Waals surface area contributed by atoms with Crippen LogP contribution < -0.4 is 10.5 Å². The van der Waals surface area contributed by atoms with Crippen molar-refractivity contribution in [2.24, 2.45) is 0 Å². The van der Waals surface area contributed by atoms with Gasteiger partial charge in [0.15, 0.2) is 0 Å². The number of unbranched alkanes of at least 4 members (excludes halogenated alkanes) is 5. The van der Waals surface area contributed by atoms with E-state index >= 15 is 0 Å². The van der Waals surface area contributed by atoms with E-state index in [9.17, 15) is 14.9 Å². The summed E-state index contributed by atoms with van der Waals surface area (Å²) >= 11 is 6.85. The predicted octanol–water partition coefficient (Wildman–Crippen LogP) is 4.84. The zero-order valence-corrected chi connectivity index (χ0v) is 22.7. The van der Waals surface area contributed by atoms with Crippen molar-refractivity contribution in [1.82, 2.24) is 9.47 Å². The molecule has 0 spiro atoms. The summed E-state index contributed by atoms with van der Waals surface area (Å²) in [6, 6.07) is 2.12. The molecule has 0 aromatic carbocycles. The van der Waals surface area contributed by atoms with Gasteiger partial charge in [0.05, 0.1) is 18.1 Å². The number of thiocarbonyl (C=S) groups is 1. The maximum absolute atomic E-state index is 13.3. The highest BCUT2D eigenvalue weighted by Gasteiger charge is 2.33. The van der Waals surface area contributed by atoms with Gasteiger partial charge in [0.2, 0.25) is 0 Å². The topological polar surface area (TPSA) is 78.6 Å². The summed E-state index contributed by atoms with van der Waals surface area (Å²) in [5.41, 5.74) is 1.23. The van der Waals surface area contributed by atoms with Crippen molar-refractivity contribution in [1.29, 1.82) is 5.26 Å². The van der Waals surface area contributed by atoms with Crippen molar-refractivity contribution < 1.29 is 9.53 Å². The molecular formula is C26H36N4O3S2. The van der Waals surface area contributed by atoms with Crippen LogP contribution in [-0.2, 0) is 16.1 Å². The fraction of sp³-hybridized carbons (Fsp3) is 0.615. The van der Waals surface area contributed by atoms with E-state index in [1.807, 2.05) is 6.08 Å². The van der Waals surface area contributed by atoms with Gasteiger partial charge < -0.3 is 9.64 Å². The summed E-state index contributed by atoms with van der Waals surface area (Å²) in [6.07, 6.45) is 9.16. The first-order valence-electron chi connectivity index (χ1n) is 12.7. The lowest BCUT2D eigenvalue weighted by atomic mass is 10.0. The highest BCUT2D eigenvalue weighted by Crippen LogP contribution is 2.36. The Hall–Kier alpha value is -2.15. The van der Waals surface area contributed by atoms with Crippen LogP contribution in [0.15, 0.2) is 9.70 Å². The standard InChI is InChI=1S/C26H36N4O3S2/c1-4-6-8-9-10-12-30-25(32)22(35-26(30)34)17-20-19(3)21(18-27)24(31)29(11-7-5-2)23(20)28-13-15-33-16-14-28/h17H,4-16H2,1-3H3. The Kier molecular flexibility index (Phi) is 10.4. The number of nitrogens with zero attached hydrogens (tertiary/aromatic N) is 4. The second-order valence-electron chi connectivity index (χ2n) is 9.01. The smallest absolute Gasteiger partial charge is 0.270 e. The van der Waals surface area contributed by atoms with Gasteiger partial charge in [-0.25, -0.2) is 0 Å². The SMILES string of the molecule is CCCCCCCN1C(=O)C(=Cc2c(C)c(C#N)c(=O)n(CCCC)c2N2CCOCC2)SC1=S. The molecule has 9 heteroatoms. The summed E-state index contributed by atoms with van der Waals surface area (Å²) < 4.78 is 7.84. The third-order valence-electron chi connectivity index (χ3n) is 6.53. The fourth-order valence-electron chi connectivity index (χ4n) is 4.48. The molecular weight excluding hydrogens is 480 g/mol. The molecule has 0 atom stereocenters. The summed E-state index contributed by atoms with van der Waals surface area (Å²) in [4.78, 5) is 31.0. The lowest BCUT2D eigenvalue weighted by Crippen LogP contribution is -2.41. The molecule has 3 heterocycles. The van der Waals surface area contributed by atoms with E-state index < -0.39 is 0 Å². The zero-order chi connectivity index (χ0) is 25.4. The van der Waals surface area contributed by atoms with E-state index in [1.54, 1.807) is 16.4 Å². The number of anilines is 1. The quantitative estimate of drug-likeness (QED) is 0.237. The molecule has 1 aromatic heterocycles. The number of hydrogen-bond donors (Lipinski definition) is 0. The number of carbonyl (C=O) groups is 1. The lowest BCUT2D eigenvalue weighted by Gasteiger charge is -2.33. The van der Waals surface area contributed by atoms with Crippen molar-refractivity contribution in [3.8, 4) is 6.07 Å². The molecule has 0 N–H and O–H groups in total. The van der Waals surface area contributed by atoms with E-state index in [0.29, 0.717) is 54.2 Å². The Morgan fingerprint density at radius 2 is 1.74 bits per heavy atom. The highest BCUT2D eigenvalue weighted by molar-refractivity contribution is 8.26. The summed E-state index contributed by atoms with van der Waals surface area (Å²) in [5.74, 6) is 0.681. The van der Waals surface area contributed by atoms with Crippen LogP contribution in [0.4, 0.5) is 5.82 Å². The average molecular weight is 517 g/mol. The molecule has 1 amide bonds. The van der Waals surface area contributed by atoms with Crippen molar-refractivity contribution in [3.05, 3.63) is 31.9 Å². The van der Waals surface area contributed by atoms with E-state index in [0.717, 1.165) is 37.1 Å². The third-order valence-corrected chi connectivity index (χ3v) is 7.90. The monoisotopic (exact) mass is 516 g/mol. The fourth-order valence-corrected chi connectivity index (χ4v) is 5.77. The van der Waals surface area contributed by atoms with E-state index in [4.69, 9.17) is 17.0 Å². The first-order valence-corrected chi connectivity index (χ1v) is 13.9. The lowest BCUT2D eigenvalue weighted by molar-refractivity contribution is -0.122. The number of ether oxygens (including phenoxy) is 1. The number of carbonyl (C=O) groups excluding carboxylic acids is 1. The molecule has 2 saturated heterocycles. The van der Waals surface area contributed by atoms with Gasteiger partial charge in [-0.15, -0.1) is 0 Å². The molecule has 2 aliphatic rings. The van der Waals surface area contributed by atoms with Gasteiger partial charge in [0.25, 0.3) is 11.5 Å². The molecule has 7 nitrogen and oxygen atoms in total. The second-order valence-corrected chi connectivity index (χ2v) is 10.7. The van der Waals surface area contributed by atoms with Gasteiger partial charge in [0, 0.05) is 31.7 Å². The van der Waals surface area contributed by atoms with Crippen LogP contribution in [0.2, 0.25) is 0 Å². The van der Waals surface area contributed by atoms with Gasteiger partial charge >= 0.3 is 0 Å². The number of nitriles is 1. The Morgan fingerprint density at radius 1 is 1.06 bits per heavy atom. The van der Waals surface area contributed by atoms with Crippen LogP contribution in [0.25, 0.3) is 6.08 Å². The predicted molar refractivity (Wildman–Crippen MR) is 147 cm³/mol. The normalized spacial score (nSPS) is 17.5. The van der Waals surface area contributed by atoms with Gasteiger partial charge in [-0.3, -0.25) is 19.1 Å². The molecule has 0 unspecified atom stereocenters. The van der Waals surface area contributed by atoms with Crippen molar-refractivity contribution in [2.75, 3.05) is 37.7 Å². The largest absolute Gasteiger partial charge is 0.378 e. The highest BCUT2D eigenvalue weighted by atomic mass is 32.2. The molecule has 2 fully saturated rings. The number of amides is 1. The minimum atomic E-state index is -0.267. The minimum absolute atomic E-state index is 0.0902. The van der Waals surface area contributed by atoms with Crippen molar-refractivity contribution >= 4 is 46.1 Å². The molecule has 190 valence electrons. The average Bonchev–Trinajstić information content (AvgIpc) is 3.12. The maximum atomic E-state index is 13.3. The molecule has 2 aliphatic heterocycles. The van der Waals surface area contributed by atoms with Crippen LogP contribution in [0.1, 0.15) is 75.5 Å². The Bertz CT molecular complexity index is 1070. The Balaban J connectivity index is 2.03. The van der Waals surface area contributed by atoms with E-state index in [-0.39, 0.29) is 17.0 Å². The first-order chi connectivity index (χ1) is 16.9. The van der Waals surface area contributed by atoms with Gasteiger partial charge in [-0.1, -0.05) is 69.9 Å². The van der Waals surface area contributed by atoms with Crippen LogP contribution >= 0.6 is 24.0 Å². The van der Waals surface area contributed by atoms with Gasteiger partial charge in [-0.2, -0.15) is 5.26 Å². The molecule has 1 aromatic rings. The number of pyridine rings is 1. The summed E-state index contributed by atoms with van der Waals surface area (Å²) in [7, 11) is 0. The number of rotatable bonds is 11. The minimum Gasteiger partial charge on any atom is -0.378 e. The van der Waals surface area contributed by atoms with Gasteiger partial charge in [0.1, 0.15) is 21.8 Å². The van der Waals surface area contributed by atoms with E-state index in [1.165, 1.54) is 31.0 Å². The number of morpholine rings is 1. The van der Waals surface area contributed by atoms with Crippen molar-refractivity contribution in [2.45, 2.75) is 72.3 Å². The number of hydrogen-bond acceptors (Lipinski definition) is 7. The Morgan fingerprint density at radius 3 is 2.40 bits per heavy atom. The summed E-state index contributed by atoms with van der Waals surface area (Å²) in [6.45, 7) is 9.65. The molecule has 35 heavy (non-hydrogen) atoms. The maximum Gasteiger partial charge on any atom is 0.270 e. The zero-order valence-electron chi connectivity index (χ0n) is 21.1. The van der Waals surface area contributed by atoms with Gasteiger partial charge in [-0.05, 0) is 31.4 Å². The molecule has 0 saturated carbocycles. The molecule has 3 rings (SSSR count). The third kappa shape index (κ3) is 6.35. The van der Waals surface area contributed by atoms with Crippen molar-refractivity contribution in [3.63, 3.8) is 0 Å². The number of aromatic nitrogens is 1. The van der Waals surface area contributed by atoms with Crippen LogP contribution in [0.5, 0.6) is 0 Å².